The van der Waals surface area contributed by atoms with Gasteiger partial charge in [0.2, 0.25) is 0 Å². The van der Waals surface area contributed by atoms with Gasteiger partial charge in [-0.15, -0.1) is 0 Å². The first-order chi connectivity index (χ1) is 7.83. The number of rotatable bonds is 7. The molecule has 16 heavy (non-hydrogen) atoms. The lowest BCUT2D eigenvalue weighted by Crippen LogP contribution is -2.06. The van der Waals surface area contributed by atoms with Crippen LogP contribution in [0.15, 0.2) is 18.2 Å². The molecule has 0 aromatic heterocycles. The van der Waals surface area contributed by atoms with Gasteiger partial charge in [0.25, 0.3) is 0 Å². The van der Waals surface area contributed by atoms with E-state index in [-0.39, 0.29) is 20.2 Å². The Bertz CT molecular complexity index is 313. The molecule has 1 rings (SSSR count). The summed E-state index contributed by atoms with van der Waals surface area (Å²) in [5.41, 5.74) is 0.644. The van der Waals surface area contributed by atoms with Crippen molar-refractivity contribution in [2.75, 3.05) is 27.8 Å². The van der Waals surface area contributed by atoms with E-state index in [0.717, 1.165) is 0 Å². The van der Waals surface area contributed by atoms with E-state index in [1.807, 2.05) is 0 Å². The molecule has 0 radical (unpaired) electrons. The summed E-state index contributed by atoms with van der Waals surface area (Å²) in [6, 6.07) is 5.27. The van der Waals surface area contributed by atoms with E-state index in [9.17, 15) is 0 Å². The molecule has 5 nitrogen and oxygen atoms in total. The number of para-hydroxylation sites is 1. The molecule has 0 unspecified atom stereocenters. The first-order valence-corrected chi connectivity index (χ1v) is 4.79. The molecule has 0 saturated heterocycles. The van der Waals surface area contributed by atoms with Crippen LogP contribution >= 0.6 is 0 Å². The van der Waals surface area contributed by atoms with Crippen LogP contribution in [-0.2, 0) is 16.1 Å². The topological polar surface area (TPSA) is 57.2 Å². The summed E-state index contributed by atoms with van der Waals surface area (Å²) in [6.45, 7) is 0.0990. The van der Waals surface area contributed by atoms with Gasteiger partial charge in [-0.05, 0) is 6.07 Å². The second kappa shape index (κ2) is 7.05. The third-order valence-electron chi connectivity index (χ3n) is 1.88. The number of benzene rings is 1. The summed E-state index contributed by atoms with van der Waals surface area (Å²) in [5, 5.41) is 9.16. The van der Waals surface area contributed by atoms with E-state index in [4.69, 9.17) is 24.1 Å². The van der Waals surface area contributed by atoms with Crippen LogP contribution in [0.5, 0.6) is 11.5 Å². The van der Waals surface area contributed by atoms with Gasteiger partial charge in [0.05, 0.1) is 6.61 Å². The maximum Gasteiger partial charge on any atom is 0.188 e. The summed E-state index contributed by atoms with van der Waals surface area (Å²) in [7, 11) is 3.06. The van der Waals surface area contributed by atoms with Crippen LogP contribution in [0.2, 0.25) is 0 Å². The zero-order valence-electron chi connectivity index (χ0n) is 9.43. The van der Waals surface area contributed by atoms with E-state index < -0.39 is 0 Å². The van der Waals surface area contributed by atoms with Crippen molar-refractivity contribution in [3.63, 3.8) is 0 Å². The van der Waals surface area contributed by atoms with Gasteiger partial charge in [0.15, 0.2) is 25.1 Å². The van der Waals surface area contributed by atoms with Crippen LogP contribution in [-0.4, -0.2) is 32.9 Å². The molecule has 0 heterocycles. The van der Waals surface area contributed by atoms with Crippen LogP contribution in [0, 0.1) is 0 Å². The maximum atomic E-state index is 9.16. The number of aliphatic hydroxyl groups is 1. The van der Waals surface area contributed by atoms with Crippen LogP contribution in [0.25, 0.3) is 0 Å². The fourth-order valence-corrected chi connectivity index (χ4v) is 1.20. The van der Waals surface area contributed by atoms with Crippen molar-refractivity contribution in [1.29, 1.82) is 0 Å². The molecule has 0 fully saturated rings. The molecule has 0 spiro atoms. The third kappa shape index (κ3) is 3.37. The quantitative estimate of drug-likeness (QED) is 0.709. The van der Waals surface area contributed by atoms with Crippen molar-refractivity contribution < 1.29 is 24.1 Å². The lowest BCUT2D eigenvalue weighted by molar-refractivity contribution is 0.0310. The highest BCUT2D eigenvalue weighted by Gasteiger charge is 2.10. The minimum Gasteiger partial charge on any atom is -0.464 e. The van der Waals surface area contributed by atoms with E-state index in [1.165, 1.54) is 14.2 Å². The standard InChI is InChI=1S/C11H16O5/c1-13-7-15-10-5-3-4-9(6-12)11(10)16-8-14-2/h3-5,12H,6-8H2,1-2H3. The maximum absolute atomic E-state index is 9.16. The summed E-state index contributed by atoms with van der Waals surface area (Å²) in [6.07, 6.45) is 0. The molecule has 0 atom stereocenters. The Hall–Kier alpha value is -1.30. The largest absolute Gasteiger partial charge is 0.464 e. The Morgan fingerprint density at radius 2 is 1.75 bits per heavy atom. The number of hydrogen-bond donors (Lipinski definition) is 1. The Labute approximate surface area is 94.5 Å². The molecule has 0 aliphatic rings. The van der Waals surface area contributed by atoms with Crippen LogP contribution in [0.4, 0.5) is 0 Å². The fourth-order valence-electron chi connectivity index (χ4n) is 1.20. The predicted molar refractivity (Wildman–Crippen MR) is 57.4 cm³/mol. The molecule has 0 saturated carbocycles. The van der Waals surface area contributed by atoms with Crippen molar-refractivity contribution in [1.82, 2.24) is 0 Å². The molecule has 0 aliphatic carbocycles. The molecular formula is C11H16O5. The molecule has 1 aromatic carbocycles. The molecule has 1 aromatic rings. The van der Waals surface area contributed by atoms with Crippen molar-refractivity contribution >= 4 is 0 Å². The van der Waals surface area contributed by atoms with E-state index in [2.05, 4.69) is 0 Å². The fraction of sp³-hybridized carbons (Fsp3) is 0.455. The van der Waals surface area contributed by atoms with Gasteiger partial charge < -0.3 is 24.1 Å². The Kier molecular flexibility index (Phi) is 5.63. The highest BCUT2D eigenvalue weighted by molar-refractivity contribution is 5.46. The van der Waals surface area contributed by atoms with Crippen LogP contribution in [0.1, 0.15) is 5.56 Å². The average molecular weight is 228 g/mol. The van der Waals surface area contributed by atoms with Crippen LogP contribution < -0.4 is 9.47 Å². The van der Waals surface area contributed by atoms with Gasteiger partial charge in [-0.3, -0.25) is 0 Å². The second-order valence-corrected chi connectivity index (χ2v) is 3.00. The van der Waals surface area contributed by atoms with Crippen molar-refractivity contribution in [3.05, 3.63) is 23.8 Å². The average Bonchev–Trinajstić information content (AvgIpc) is 2.33. The van der Waals surface area contributed by atoms with Crippen LogP contribution in [0.3, 0.4) is 0 Å². The summed E-state index contributed by atoms with van der Waals surface area (Å²) >= 11 is 0. The first kappa shape index (κ1) is 12.8. The zero-order valence-corrected chi connectivity index (χ0v) is 9.43. The predicted octanol–water partition coefficient (Wildman–Crippen LogP) is 1.14. The molecule has 0 amide bonds. The van der Waals surface area contributed by atoms with Gasteiger partial charge in [-0.2, -0.15) is 0 Å². The summed E-state index contributed by atoms with van der Waals surface area (Å²) in [4.78, 5) is 0. The minimum atomic E-state index is -0.122. The smallest absolute Gasteiger partial charge is 0.188 e. The molecule has 1 N–H and O–H groups in total. The Balaban J connectivity index is 2.86. The highest BCUT2D eigenvalue weighted by atomic mass is 16.7. The Morgan fingerprint density at radius 1 is 1.06 bits per heavy atom. The van der Waals surface area contributed by atoms with Gasteiger partial charge in [0, 0.05) is 19.8 Å². The molecule has 0 bridgehead atoms. The first-order valence-electron chi connectivity index (χ1n) is 4.79. The number of hydrogen-bond acceptors (Lipinski definition) is 5. The van der Waals surface area contributed by atoms with Crippen molar-refractivity contribution in [2.24, 2.45) is 0 Å². The zero-order chi connectivity index (χ0) is 11.8. The van der Waals surface area contributed by atoms with E-state index in [0.29, 0.717) is 17.1 Å². The van der Waals surface area contributed by atoms with Crippen molar-refractivity contribution in [3.8, 4) is 11.5 Å². The number of methoxy groups -OCH3 is 2. The lowest BCUT2D eigenvalue weighted by Gasteiger charge is -2.14. The van der Waals surface area contributed by atoms with E-state index in [1.54, 1.807) is 18.2 Å². The Morgan fingerprint density at radius 3 is 2.38 bits per heavy atom. The third-order valence-corrected chi connectivity index (χ3v) is 1.88. The molecular weight excluding hydrogens is 212 g/mol. The van der Waals surface area contributed by atoms with E-state index >= 15 is 0 Å². The lowest BCUT2D eigenvalue weighted by atomic mass is 10.2. The molecule has 5 heteroatoms. The minimum absolute atomic E-state index is 0.0976. The summed E-state index contributed by atoms with van der Waals surface area (Å²) < 4.78 is 20.3. The second-order valence-electron chi connectivity index (χ2n) is 3.00. The van der Waals surface area contributed by atoms with Gasteiger partial charge in [-0.25, -0.2) is 0 Å². The molecule has 0 aliphatic heterocycles. The van der Waals surface area contributed by atoms with Gasteiger partial charge in [0.1, 0.15) is 0 Å². The van der Waals surface area contributed by atoms with Gasteiger partial charge in [-0.1, -0.05) is 12.1 Å². The molecule has 90 valence electrons. The highest BCUT2D eigenvalue weighted by Crippen LogP contribution is 2.31. The number of ether oxygens (including phenoxy) is 4. The SMILES string of the molecule is COCOc1cccc(CO)c1OCOC. The van der Waals surface area contributed by atoms with Crippen molar-refractivity contribution in [2.45, 2.75) is 6.61 Å². The van der Waals surface area contributed by atoms with Gasteiger partial charge >= 0.3 is 0 Å². The summed E-state index contributed by atoms with van der Waals surface area (Å²) in [5.74, 6) is 0.995. The monoisotopic (exact) mass is 228 g/mol. The number of aliphatic hydroxyl groups excluding tert-OH is 1. The normalized spacial score (nSPS) is 10.2.